The van der Waals surface area contributed by atoms with Gasteiger partial charge in [-0.3, -0.25) is 4.79 Å². The summed E-state index contributed by atoms with van der Waals surface area (Å²) in [5, 5.41) is 3.20. The molecule has 4 aliphatic carbocycles. The van der Waals surface area contributed by atoms with Crippen molar-refractivity contribution in [1.82, 2.24) is 5.32 Å². The van der Waals surface area contributed by atoms with E-state index in [0.717, 1.165) is 9.84 Å². The van der Waals surface area contributed by atoms with Crippen LogP contribution in [0.1, 0.15) is 77.6 Å². The van der Waals surface area contributed by atoms with Gasteiger partial charge in [0, 0.05) is 16.4 Å². The second kappa shape index (κ2) is 5.77. The lowest BCUT2D eigenvalue weighted by molar-refractivity contribution is -0.196. The van der Waals surface area contributed by atoms with Crippen LogP contribution >= 0.6 is 22.6 Å². The Kier molecular flexibility index (Phi) is 4.36. The minimum Gasteiger partial charge on any atom is -0.351 e. The Morgan fingerprint density at radius 1 is 1.00 bits per heavy atom. The van der Waals surface area contributed by atoms with Crippen LogP contribution < -0.4 is 5.32 Å². The molecule has 0 atom stereocenters. The quantitative estimate of drug-likeness (QED) is 0.543. The number of rotatable bonds is 2. The summed E-state index contributed by atoms with van der Waals surface area (Å²) in [5.74, 6) is 1.11. The fraction of sp³-hybridized carbons (Fsp3) is 0.941. The van der Waals surface area contributed by atoms with Gasteiger partial charge in [-0.2, -0.15) is 0 Å². The zero-order valence-corrected chi connectivity index (χ0v) is 14.9. The van der Waals surface area contributed by atoms with Crippen molar-refractivity contribution in [3.8, 4) is 0 Å². The summed E-state index contributed by atoms with van der Waals surface area (Å²) in [6.45, 7) is 1.66. The summed E-state index contributed by atoms with van der Waals surface area (Å²) >= 11 is 2.65. The number of amides is 1. The third-order valence-corrected chi connectivity index (χ3v) is 7.26. The molecule has 20 heavy (non-hydrogen) atoms. The maximum atomic E-state index is 11.3. The van der Waals surface area contributed by atoms with Gasteiger partial charge in [-0.05, 0) is 56.3 Å². The molecule has 2 nitrogen and oxygen atoms in total. The van der Waals surface area contributed by atoms with E-state index in [1.54, 1.807) is 6.92 Å². The van der Waals surface area contributed by atoms with Crippen molar-refractivity contribution >= 4 is 28.5 Å². The molecular formula is C17H28INO. The largest absolute Gasteiger partial charge is 0.351 e. The highest BCUT2D eigenvalue weighted by molar-refractivity contribution is 14.1. The number of nitrogens with one attached hydrogen (secondary N) is 1. The highest BCUT2D eigenvalue weighted by atomic mass is 127. The summed E-state index contributed by atoms with van der Waals surface area (Å²) in [6.07, 6.45) is 15.3. The van der Waals surface area contributed by atoms with Crippen LogP contribution in [0.3, 0.4) is 0 Å². The summed E-state index contributed by atoms with van der Waals surface area (Å²) in [4.78, 5) is 11.3. The molecule has 0 radical (unpaired) electrons. The van der Waals surface area contributed by atoms with E-state index in [1.807, 2.05) is 0 Å². The van der Waals surface area contributed by atoms with Crippen molar-refractivity contribution in [2.24, 2.45) is 11.3 Å². The zero-order chi connectivity index (χ0) is 14.2. The van der Waals surface area contributed by atoms with Gasteiger partial charge in [-0.25, -0.2) is 0 Å². The third-order valence-electron chi connectivity index (χ3n) is 6.02. The Bertz CT molecular complexity index is 349. The van der Waals surface area contributed by atoms with Gasteiger partial charge in [-0.15, -0.1) is 0 Å². The lowest BCUT2D eigenvalue weighted by atomic mass is 9.35. The third kappa shape index (κ3) is 2.89. The number of hydrogen-bond acceptors (Lipinski definition) is 1. The Hall–Kier alpha value is 0.200. The van der Waals surface area contributed by atoms with Gasteiger partial charge in [0.2, 0.25) is 5.91 Å². The van der Waals surface area contributed by atoms with Crippen LogP contribution in [0, 0.1) is 11.3 Å². The molecule has 0 aliphatic heterocycles. The van der Waals surface area contributed by atoms with Crippen LogP contribution in [0.2, 0.25) is 0 Å². The molecule has 114 valence electrons. The van der Waals surface area contributed by atoms with E-state index in [2.05, 4.69) is 27.9 Å². The molecular weight excluding hydrogens is 361 g/mol. The van der Waals surface area contributed by atoms with Crippen LogP contribution in [0.4, 0.5) is 0 Å². The molecule has 4 fully saturated rings. The molecule has 0 aromatic carbocycles. The monoisotopic (exact) mass is 389 g/mol. The molecule has 0 aromatic heterocycles. The highest BCUT2D eigenvalue weighted by Gasteiger charge is 2.70. The first-order chi connectivity index (χ1) is 9.54. The van der Waals surface area contributed by atoms with Crippen molar-refractivity contribution in [2.45, 2.75) is 87.0 Å². The minimum absolute atomic E-state index is 0.164. The average Bonchev–Trinajstić information content (AvgIpc) is 2.30. The van der Waals surface area contributed by atoms with E-state index in [-0.39, 0.29) is 11.4 Å². The van der Waals surface area contributed by atoms with Gasteiger partial charge in [0.15, 0.2) is 0 Å². The molecule has 0 heterocycles. The van der Waals surface area contributed by atoms with Crippen molar-refractivity contribution in [3.63, 3.8) is 0 Å². The fourth-order valence-electron chi connectivity index (χ4n) is 5.22. The first kappa shape index (κ1) is 15.1. The molecule has 0 unspecified atom stereocenters. The molecule has 1 amide bonds. The molecule has 4 rings (SSSR count). The normalized spacial score (nSPS) is 44.9. The topological polar surface area (TPSA) is 29.1 Å². The number of carbonyl (C=O) groups is 1. The van der Waals surface area contributed by atoms with E-state index >= 15 is 0 Å². The fourth-order valence-corrected chi connectivity index (χ4v) is 6.10. The van der Waals surface area contributed by atoms with E-state index < -0.39 is 0 Å². The summed E-state index contributed by atoms with van der Waals surface area (Å²) in [6, 6.07) is 0. The lowest BCUT2D eigenvalue weighted by Gasteiger charge is -2.73. The molecule has 0 saturated heterocycles. The smallest absolute Gasteiger partial charge is 0.217 e. The maximum absolute atomic E-state index is 11.3. The van der Waals surface area contributed by atoms with Gasteiger partial charge in [-0.1, -0.05) is 48.3 Å². The minimum atomic E-state index is 0.164. The second-order valence-electron chi connectivity index (χ2n) is 7.72. The van der Waals surface area contributed by atoms with Crippen LogP contribution in [-0.2, 0) is 4.79 Å². The molecule has 4 saturated carbocycles. The van der Waals surface area contributed by atoms with Gasteiger partial charge in [0.05, 0.1) is 0 Å². The average molecular weight is 389 g/mol. The van der Waals surface area contributed by atoms with Crippen LogP contribution in [-0.4, -0.2) is 15.4 Å². The predicted octanol–water partition coefficient (Wildman–Crippen LogP) is 4.60. The number of halogens is 1. The van der Waals surface area contributed by atoms with Crippen molar-refractivity contribution < 1.29 is 4.79 Å². The van der Waals surface area contributed by atoms with Crippen LogP contribution in [0.25, 0.3) is 0 Å². The van der Waals surface area contributed by atoms with Crippen molar-refractivity contribution in [1.29, 1.82) is 0 Å². The number of hydrogen-bond donors (Lipinski definition) is 1. The second-order valence-corrected chi connectivity index (χ2v) is 9.48. The van der Waals surface area contributed by atoms with E-state index in [4.69, 9.17) is 0 Å². The van der Waals surface area contributed by atoms with E-state index in [1.165, 1.54) is 70.6 Å². The predicted molar refractivity (Wildman–Crippen MR) is 91.1 cm³/mol. The van der Waals surface area contributed by atoms with Crippen molar-refractivity contribution in [3.05, 3.63) is 0 Å². The van der Waals surface area contributed by atoms with Gasteiger partial charge in [0.25, 0.3) is 0 Å². The Balaban J connectivity index is 1.52. The Morgan fingerprint density at radius 3 is 2.00 bits per heavy atom. The molecule has 2 bridgehead atoms. The standard InChI is InChI=1S/C17H28INO/c1-13(20)19-17-10-16(11-17,12-17)14-6-2-4-8-15(18)9-5-3-7-14/h14-15H,2-12H2,1H3,(H,19,20). The van der Waals surface area contributed by atoms with Crippen LogP contribution in [0.15, 0.2) is 0 Å². The van der Waals surface area contributed by atoms with Crippen molar-refractivity contribution in [2.75, 3.05) is 0 Å². The Morgan fingerprint density at radius 2 is 1.50 bits per heavy atom. The van der Waals surface area contributed by atoms with Gasteiger partial charge >= 0.3 is 0 Å². The van der Waals surface area contributed by atoms with E-state index in [9.17, 15) is 4.79 Å². The van der Waals surface area contributed by atoms with E-state index in [0.29, 0.717) is 5.41 Å². The summed E-state index contributed by atoms with van der Waals surface area (Å²) in [5.41, 5.74) is 0.861. The van der Waals surface area contributed by atoms with Crippen LogP contribution in [0.5, 0.6) is 0 Å². The zero-order valence-electron chi connectivity index (χ0n) is 12.7. The first-order valence-electron chi connectivity index (χ1n) is 8.47. The molecule has 3 heteroatoms. The lowest BCUT2D eigenvalue weighted by Crippen LogP contribution is -2.76. The molecule has 1 N–H and O–H groups in total. The highest BCUT2D eigenvalue weighted by Crippen LogP contribution is 2.72. The molecule has 0 spiro atoms. The summed E-state index contributed by atoms with van der Waals surface area (Å²) < 4.78 is 0.919. The van der Waals surface area contributed by atoms with Gasteiger partial charge < -0.3 is 5.32 Å². The van der Waals surface area contributed by atoms with Gasteiger partial charge in [0.1, 0.15) is 0 Å². The summed E-state index contributed by atoms with van der Waals surface area (Å²) in [7, 11) is 0. The molecule has 4 aliphatic rings. The SMILES string of the molecule is CC(=O)NC12CC(C3CCCCC(I)CCCC3)(C1)C2. The number of alkyl halides is 1. The molecule has 0 aromatic rings. The first-order valence-corrected chi connectivity index (χ1v) is 9.71. The Labute approximate surface area is 137 Å². The number of carbonyl (C=O) groups excluding carboxylic acids is 1. The maximum Gasteiger partial charge on any atom is 0.217 e.